The number of nitrogens with one attached hydrogen (secondary N) is 2. The van der Waals surface area contributed by atoms with Crippen LogP contribution in [0.2, 0.25) is 0 Å². The molecule has 0 saturated heterocycles. The van der Waals surface area contributed by atoms with E-state index in [-0.39, 0.29) is 24.2 Å². The van der Waals surface area contributed by atoms with E-state index in [1.807, 2.05) is 24.3 Å². The van der Waals surface area contributed by atoms with Gasteiger partial charge in [0.25, 0.3) is 0 Å². The van der Waals surface area contributed by atoms with Crippen molar-refractivity contribution in [2.75, 3.05) is 26.6 Å². The molecule has 3 atom stereocenters. The molecule has 3 unspecified atom stereocenters. The molecule has 4 rings (SSSR count). The van der Waals surface area contributed by atoms with Gasteiger partial charge in [-0.05, 0) is 42.4 Å². The van der Waals surface area contributed by atoms with E-state index in [9.17, 15) is 19.2 Å². The van der Waals surface area contributed by atoms with Crippen molar-refractivity contribution in [2.45, 2.75) is 57.1 Å². The molecule has 10 heteroatoms. The van der Waals surface area contributed by atoms with E-state index in [0.29, 0.717) is 30.0 Å². The Balaban J connectivity index is 1.51. The Morgan fingerprint density at radius 3 is 2.38 bits per heavy atom. The van der Waals surface area contributed by atoms with Crippen LogP contribution >= 0.6 is 0 Å². The van der Waals surface area contributed by atoms with Gasteiger partial charge in [-0.15, -0.1) is 0 Å². The highest BCUT2D eigenvalue weighted by Crippen LogP contribution is 2.52. The molecule has 0 aromatic heterocycles. The first-order chi connectivity index (χ1) is 18.9. The van der Waals surface area contributed by atoms with E-state index in [1.54, 1.807) is 19.2 Å². The summed E-state index contributed by atoms with van der Waals surface area (Å²) >= 11 is 0. The number of hydrogen-bond donors (Lipinski definition) is 2. The molecule has 0 spiro atoms. The lowest BCUT2D eigenvalue weighted by atomic mass is 9.85. The van der Waals surface area contributed by atoms with Crippen molar-refractivity contribution in [3.05, 3.63) is 53.1 Å². The highest BCUT2D eigenvalue weighted by atomic mass is 16.6. The molecule has 10 nitrogen and oxygen atoms in total. The number of esters is 1. The summed E-state index contributed by atoms with van der Waals surface area (Å²) in [6.45, 7) is 0.00321. The smallest absolute Gasteiger partial charge is 0.408 e. The first-order valence-corrected chi connectivity index (χ1v) is 13.0. The molecule has 2 aromatic rings. The molecular formula is C29H34N2O8. The van der Waals surface area contributed by atoms with Crippen molar-refractivity contribution in [1.82, 2.24) is 5.32 Å². The topological polar surface area (TPSA) is 129 Å². The number of benzene rings is 2. The van der Waals surface area contributed by atoms with E-state index >= 15 is 0 Å². The van der Waals surface area contributed by atoms with Crippen LogP contribution in [0, 0.1) is 5.92 Å². The summed E-state index contributed by atoms with van der Waals surface area (Å²) in [6, 6.07) is 9.60. The van der Waals surface area contributed by atoms with E-state index in [1.165, 1.54) is 14.2 Å². The summed E-state index contributed by atoms with van der Waals surface area (Å²) in [6.07, 6.45) is 2.42. The van der Waals surface area contributed by atoms with Gasteiger partial charge in [0.2, 0.25) is 5.91 Å². The molecule has 0 bridgehead atoms. The SMILES string of the molecule is COC(=O)C(CC(=O)Nc1cc2c(c(OC)c1OC)C1CCCC1C(=O)CC2)NC(=O)OCc1ccccc1. The largest absolute Gasteiger partial charge is 0.492 e. The van der Waals surface area contributed by atoms with E-state index in [2.05, 4.69) is 10.6 Å². The van der Waals surface area contributed by atoms with Crippen LogP contribution in [-0.2, 0) is 36.9 Å². The maximum atomic E-state index is 13.1. The Morgan fingerprint density at radius 2 is 1.69 bits per heavy atom. The van der Waals surface area contributed by atoms with Crippen LogP contribution in [-0.4, -0.2) is 51.1 Å². The summed E-state index contributed by atoms with van der Waals surface area (Å²) in [5.41, 5.74) is 3.03. The summed E-state index contributed by atoms with van der Waals surface area (Å²) in [4.78, 5) is 50.6. The maximum absolute atomic E-state index is 13.1. The number of anilines is 1. The Bertz CT molecular complexity index is 1230. The number of alkyl carbamates (subject to hydrolysis) is 1. The molecule has 2 aromatic carbocycles. The Labute approximate surface area is 227 Å². The minimum atomic E-state index is -1.27. The fourth-order valence-corrected chi connectivity index (χ4v) is 5.58. The molecule has 0 radical (unpaired) electrons. The summed E-state index contributed by atoms with van der Waals surface area (Å²) < 4.78 is 21.4. The van der Waals surface area contributed by atoms with Crippen LogP contribution in [0.25, 0.3) is 0 Å². The molecule has 2 aliphatic rings. The number of carbonyl (C=O) groups is 4. The van der Waals surface area contributed by atoms with Gasteiger partial charge in [0.1, 0.15) is 18.4 Å². The lowest BCUT2D eigenvalue weighted by Crippen LogP contribution is -2.44. The Hall–Kier alpha value is -4.08. The fraction of sp³-hybridized carbons (Fsp3) is 0.448. The number of amides is 2. The van der Waals surface area contributed by atoms with Crippen LogP contribution in [0.15, 0.2) is 36.4 Å². The van der Waals surface area contributed by atoms with E-state index in [0.717, 1.165) is 36.0 Å². The average Bonchev–Trinajstić information content (AvgIpc) is 3.39. The zero-order valence-corrected chi connectivity index (χ0v) is 22.4. The van der Waals surface area contributed by atoms with Gasteiger partial charge in [0.05, 0.1) is 33.4 Å². The first-order valence-electron chi connectivity index (χ1n) is 13.0. The first kappa shape index (κ1) is 27.9. The number of hydrogen-bond acceptors (Lipinski definition) is 8. The highest BCUT2D eigenvalue weighted by molar-refractivity contribution is 5.97. The van der Waals surface area contributed by atoms with Crippen molar-refractivity contribution in [3.8, 4) is 11.5 Å². The number of ketones is 1. The second-order valence-electron chi connectivity index (χ2n) is 9.71. The summed E-state index contributed by atoms with van der Waals surface area (Å²) in [5, 5.41) is 5.19. The molecule has 0 aliphatic heterocycles. The third kappa shape index (κ3) is 6.32. The monoisotopic (exact) mass is 538 g/mol. The van der Waals surface area contributed by atoms with Gasteiger partial charge in [0, 0.05) is 17.9 Å². The van der Waals surface area contributed by atoms with Gasteiger partial charge in [-0.3, -0.25) is 9.59 Å². The number of aryl methyl sites for hydroxylation is 1. The molecule has 0 heterocycles. The zero-order valence-electron chi connectivity index (χ0n) is 22.4. The summed E-state index contributed by atoms with van der Waals surface area (Å²) in [5.74, 6) is -0.223. The minimum Gasteiger partial charge on any atom is -0.492 e. The van der Waals surface area contributed by atoms with Gasteiger partial charge < -0.3 is 29.6 Å². The van der Waals surface area contributed by atoms with Crippen LogP contribution in [0.5, 0.6) is 11.5 Å². The van der Waals surface area contributed by atoms with Gasteiger partial charge in [0.15, 0.2) is 11.5 Å². The van der Waals surface area contributed by atoms with Crippen molar-refractivity contribution in [2.24, 2.45) is 5.92 Å². The predicted molar refractivity (Wildman–Crippen MR) is 142 cm³/mol. The number of fused-ring (bicyclic) bond motifs is 3. The van der Waals surface area contributed by atoms with Crippen molar-refractivity contribution >= 4 is 29.4 Å². The molecule has 2 aliphatic carbocycles. The fourth-order valence-electron chi connectivity index (χ4n) is 5.58. The van der Waals surface area contributed by atoms with Crippen LogP contribution in [0.3, 0.4) is 0 Å². The van der Waals surface area contributed by atoms with Crippen molar-refractivity contribution < 1.29 is 38.1 Å². The number of methoxy groups -OCH3 is 3. The quantitative estimate of drug-likeness (QED) is 0.460. The number of carbonyl (C=O) groups excluding carboxylic acids is 4. The minimum absolute atomic E-state index is 0.00321. The maximum Gasteiger partial charge on any atom is 0.408 e. The Kier molecular flexibility index (Phi) is 9.06. The second-order valence-corrected chi connectivity index (χ2v) is 9.71. The highest BCUT2D eigenvalue weighted by Gasteiger charge is 2.40. The van der Waals surface area contributed by atoms with Crippen LogP contribution < -0.4 is 20.1 Å². The molecule has 208 valence electrons. The molecule has 1 saturated carbocycles. The standard InChI is InChI=1S/C29H34N2O8/c1-36-26-21(14-18-12-13-23(32)19-10-7-11-20(19)25(18)27(26)37-2)30-24(33)15-22(28(34)38-3)31-29(35)39-16-17-8-5-4-6-9-17/h4-6,8-9,14,19-20,22H,7,10-13,15-16H2,1-3H3,(H,30,33)(H,31,35). The third-order valence-corrected chi connectivity index (χ3v) is 7.36. The lowest BCUT2D eigenvalue weighted by molar-refractivity contribution is -0.144. The van der Waals surface area contributed by atoms with Crippen molar-refractivity contribution in [1.29, 1.82) is 0 Å². The normalized spacial score (nSPS) is 18.6. The molecule has 39 heavy (non-hydrogen) atoms. The van der Waals surface area contributed by atoms with Gasteiger partial charge >= 0.3 is 12.1 Å². The molecule has 2 amide bonds. The predicted octanol–water partition coefficient (Wildman–Crippen LogP) is 3.90. The number of Topliss-reactive ketones (excluding diaryl/α,β-unsaturated/α-hetero) is 1. The molecule has 2 N–H and O–H groups in total. The van der Waals surface area contributed by atoms with Crippen LogP contribution in [0.4, 0.5) is 10.5 Å². The van der Waals surface area contributed by atoms with E-state index < -0.39 is 30.4 Å². The lowest BCUT2D eigenvalue weighted by Gasteiger charge is -2.24. The zero-order chi connectivity index (χ0) is 27.9. The number of rotatable bonds is 9. The van der Waals surface area contributed by atoms with Crippen LogP contribution in [0.1, 0.15) is 54.7 Å². The van der Waals surface area contributed by atoms with Gasteiger partial charge in [-0.2, -0.15) is 0 Å². The number of ether oxygens (including phenoxy) is 4. The van der Waals surface area contributed by atoms with Gasteiger partial charge in [-0.1, -0.05) is 36.8 Å². The van der Waals surface area contributed by atoms with E-state index in [4.69, 9.17) is 18.9 Å². The van der Waals surface area contributed by atoms with Gasteiger partial charge in [-0.25, -0.2) is 9.59 Å². The summed E-state index contributed by atoms with van der Waals surface area (Å²) in [7, 11) is 4.19. The Morgan fingerprint density at radius 1 is 0.974 bits per heavy atom. The second kappa shape index (κ2) is 12.6. The molecular weight excluding hydrogens is 504 g/mol. The third-order valence-electron chi connectivity index (χ3n) is 7.36. The molecule has 1 fully saturated rings. The average molecular weight is 539 g/mol. The van der Waals surface area contributed by atoms with Crippen molar-refractivity contribution in [3.63, 3.8) is 0 Å².